The number of hydrogen-bond donors (Lipinski definition) is 3. The first kappa shape index (κ1) is 34.2. The van der Waals surface area contributed by atoms with Crippen LogP contribution in [0.25, 0.3) is 17.2 Å². The minimum Gasteiger partial charge on any atom is -0.465 e. The van der Waals surface area contributed by atoms with Crippen LogP contribution in [0, 0.1) is 6.92 Å². The number of carbonyl (C=O) groups is 4. The fraction of sp³-hybridized carbons (Fsp3) is 0.0811. The van der Waals surface area contributed by atoms with E-state index in [2.05, 4.69) is 16.0 Å². The van der Waals surface area contributed by atoms with Crippen molar-refractivity contribution in [1.82, 2.24) is 5.32 Å². The number of anilines is 2. The van der Waals surface area contributed by atoms with Gasteiger partial charge in [0.15, 0.2) is 0 Å². The van der Waals surface area contributed by atoms with Crippen molar-refractivity contribution in [2.45, 2.75) is 11.8 Å². The van der Waals surface area contributed by atoms with Gasteiger partial charge in [0.1, 0.15) is 16.3 Å². The molecular weight excluding hydrogens is 666 g/mol. The van der Waals surface area contributed by atoms with Gasteiger partial charge >= 0.3 is 5.97 Å². The predicted molar refractivity (Wildman–Crippen MR) is 194 cm³/mol. The number of ether oxygens (including phenoxy) is 1. The normalized spacial score (nSPS) is 11.0. The first-order chi connectivity index (χ1) is 23.2. The minimum atomic E-state index is -0.539. The molecule has 0 unspecified atom stereocenters. The number of nitrogens with one attached hydrogen (secondary N) is 3. The van der Waals surface area contributed by atoms with Gasteiger partial charge < -0.3 is 20.7 Å². The van der Waals surface area contributed by atoms with Crippen molar-refractivity contribution >= 4 is 75.2 Å². The molecule has 5 aromatic rings. The Morgan fingerprint density at radius 3 is 2.31 bits per heavy atom. The first-order valence-electron chi connectivity index (χ1n) is 14.6. The van der Waals surface area contributed by atoms with Crippen LogP contribution in [0.2, 0.25) is 5.02 Å². The van der Waals surface area contributed by atoms with E-state index in [0.29, 0.717) is 38.0 Å². The van der Waals surface area contributed by atoms with E-state index in [1.54, 1.807) is 78.9 Å². The van der Waals surface area contributed by atoms with Gasteiger partial charge in [-0.05, 0) is 66.6 Å². The van der Waals surface area contributed by atoms with E-state index in [1.807, 2.05) is 42.6 Å². The Bertz CT molecular complexity index is 1970. The second kappa shape index (κ2) is 16.1. The predicted octanol–water partition coefficient (Wildman–Crippen LogP) is 8.30. The summed E-state index contributed by atoms with van der Waals surface area (Å²) < 4.78 is 5.02. The molecule has 1 aromatic heterocycles. The van der Waals surface area contributed by atoms with E-state index in [0.717, 1.165) is 16.0 Å². The number of thioether (sulfide) groups is 1. The Morgan fingerprint density at radius 1 is 0.875 bits per heavy atom. The number of benzene rings is 4. The Labute approximate surface area is 291 Å². The van der Waals surface area contributed by atoms with Gasteiger partial charge in [-0.3, -0.25) is 14.4 Å². The number of esters is 1. The van der Waals surface area contributed by atoms with Crippen LogP contribution in [-0.4, -0.2) is 36.6 Å². The SMILES string of the molecule is COC(=O)c1c(-c2ccc(C)cc2)csc1NC(=O)CSc1cccc(NC(=O)/C(=C/c2ccc(Cl)cc2)NC(=O)c2ccccc2)c1. The van der Waals surface area contributed by atoms with Crippen molar-refractivity contribution in [2.24, 2.45) is 0 Å². The van der Waals surface area contributed by atoms with Gasteiger partial charge in [-0.1, -0.05) is 77.8 Å². The lowest BCUT2D eigenvalue weighted by Gasteiger charge is -2.12. The summed E-state index contributed by atoms with van der Waals surface area (Å²) in [5, 5.41) is 11.2. The second-order valence-corrected chi connectivity index (χ2v) is 12.8. The molecular formula is C37H30ClN3O5S2. The van der Waals surface area contributed by atoms with E-state index in [-0.39, 0.29) is 17.4 Å². The van der Waals surface area contributed by atoms with Gasteiger partial charge in [0, 0.05) is 32.1 Å². The van der Waals surface area contributed by atoms with E-state index >= 15 is 0 Å². The molecule has 4 aromatic carbocycles. The average molecular weight is 696 g/mol. The van der Waals surface area contributed by atoms with Crippen LogP contribution in [0.4, 0.5) is 10.7 Å². The van der Waals surface area contributed by atoms with Crippen LogP contribution in [0.1, 0.15) is 31.8 Å². The van der Waals surface area contributed by atoms with Crippen molar-refractivity contribution in [3.63, 3.8) is 0 Å². The number of halogens is 1. The third kappa shape index (κ3) is 9.01. The molecule has 0 atom stereocenters. The van der Waals surface area contributed by atoms with Gasteiger partial charge in [-0.15, -0.1) is 23.1 Å². The highest BCUT2D eigenvalue weighted by Crippen LogP contribution is 2.36. The summed E-state index contributed by atoms with van der Waals surface area (Å²) in [5.74, 6) is -1.78. The maximum atomic E-state index is 13.4. The minimum absolute atomic E-state index is 0.0333. The molecule has 0 saturated carbocycles. The zero-order valence-electron chi connectivity index (χ0n) is 25.9. The van der Waals surface area contributed by atoms with E-state index in [9.17, 15) is 19.2 Å². The molecule has 0 aliphatic carbocycles. The molecule has 3 N–H and O–H groups in total. The first-order valence-corrected chi connectivity index (χ1v) is 16.9. The number of hydrogen-bond acceptors (Lipinski definition) is 7. The van der Waals surface area contributed by atoms with Crippen molar-refractivity contribution < 1.29 is 23.9 Å². The molecule has 8 nitrogen and oxygen atoms in total. The summed E-state index contributed by atoms with van der Waals surface area (Å²) in [6, 6.07) is 30.2. The summed E-state index contributed by atoms with van der Waals surface area (Å²) in [7, 11) is 1.31. The van der Waals surface area contributed by atoms with Gasteiger partial charge in [0.05, 0.1) is 12.9 Å². The average Bonchev–Trinajstić information content (AvgIpc) is 3.51. The summed E-state index contributed by atoms with van der Waals surface area (Å²) >= 11 is 8.54. The van der Waals surface area contributed by atoms with Crippen molar-refractivity contribution in [3.05, 3.63) is 141 Å². The molecule has 0 fully saturated rings. The molecule has 0 radical (unpaired) electrons. The third-order valence-corrected chi connectivity index (χ3v) is 9.11. The van der Waals surface area contributed by atoms with Crippen LogP contribution in [0.15, 0.2) is 119 Å². The topological polar surface area (TPSA) is 114 Å². The molecule has 0 bridgehead atoms. The van der Waals surface area contributed by atoms with E-state index in [1.165, 1.54) is 30.2 Å². The van der Waals surface area contributed by atoms with Gasteiger partial charge in [-0.2, -0.15) is 0 Å². The van der Waals surface area contributed by atoms with Gasteiger partial charge in [0.25, 0.3) is 11.8 Å². The maximum Gasteiger partial charge on any atom is 0.341 e. The van der Waals surface area contributed by atoms with E-state index in [4.69, 9.17) is 16.3 Å². The fourth-order valence-electron chi connectivity index (χ4n) is 4.54. The molecule has 48 heavy (non-hydrogen) atoms. The highest BCUT2D eigenvalue weighted by atomic mass is 35.5. The molecule has 1 heterocycles. The Morgan fingerprint density at radius 2 is 1.60 bits per heavy atom. The zero-order chi connectivity index (χ0) is 34.0. The molecule has 3 amide bonds. The largest absolute Gasteiger partial charge is 0.465 e. The highest BCUT2D eigenvalue weighted by molar-refractivity contribution is 8.00. The lowest BCUT2D eigenvalue weighted by Crippen LogP contribution is -2.30. The number of thiophene rings is 1. The quantitative estimate of drug-likeness (QED) is 0.0728. The number of methoxy groups -OCH3 is 1. The zero-order valence-corrected chi connectivity index (χ0v) is 28.3. The standard InChI is InChI=1S/C37H30ClN3O5S2/c1-23-11-15-25(16-12-23)30-21-48-36(33(30)37(45)46-2)41-32(42)22-47-29-10-6-9-28(20-29)39-35(44)31(19-24-13-17-27(38)18-14-24)40-34(43)26-7-4-3-5-8-26/h3-21H,22H2,1-2H3,(H,39,44)(H,40,43)(H,41,42)/b31-19-. The summed E-state index contributed by atoms with van der Waals surface area (Å²) in [6.45, 7) is 1.98. The summed E-state index contributed by atoms with van der Waals surface area (Å²) in [6.07, 6.45) is 1.56. The van der Waals surface area contributed by atoms with Gasteiger partial charge in [-0.25, -0.2) is 4.79 Å². The smallest absolute Gasteiger partial charge is 0.341 e. The molecule has 0 aliphatic rings. The molecule has 11 heteroatoms. The van der Waals surface area contributed by atoms with Crippen LogP contribution < -0.4 is 16.0 Å². The van der Waals surface area contributed by atoms with Crippen LogP contribution in [0.3, 0.4) is 0 Å². The lowest BCUT2D eigenvalue weighted by atomic mass is 10.0. The monoisotopic (exact) mass is 695 g/mol. The Balaban J connectivity index is 1.26. The molecule has 0 spiro atoms. The van der Waals surface area contributed by atoms with Crippen LogP contribution >= 0.6 is 34.7 Å². The molecule has 5 rings (SSSR count). The number of amides is 3. The summed E-state index contributed by atoms with van der Waals surface area (Å²) in [5.41, 5.74) is 4.49. The maximum absolute atomic E-state index is 13.4. The van der Waals surface area contributed by atoms with Crippen molar-refractivity contribution in [1.29, 1.82) is 0 Å². The van der Waals surface area contributed by atoms with E-state index < -0.39 is 17.8 Å². The molecule has 0 saturated heterocycles. The van der Waals surface area contributed by atoms with Gasteiger partial charge in [0.2, 0.25) is 5.91 Å². The molecule has 0 aliphatic heterocycles. The van der Waals surface area contributed by atoms with Crippen molar-refractivity contribution in [3.8, 4) is 11.1 Å². The highest BCUT2D eigenvalue weighted by Gasteiger charge is 2.22. The Kier molecular flexibility index (Phi) is 11.5. The third-order valence-electron chi connectivity index (χ3n) is 6.97. The Hall–Kier alpha value is -5.16. The summed E-state index contributed by atoms with van der Waals surface area (Å²) in [4.78, 5) is 52.8. The number of rotatable bonds is 11. The second-order valence-electron chi connectivity index (χ2n) is 10.5. The number of aryl methyl sites for hydroxylation is 1. The van der Waals surface area contributed by atoms with Crippen LogP contribution in [0.5, 0.6) is 0 Å². The van der Waals surface area contributed by atoms with Crippen LogP contribution in [-0.2, 0) is 14.3 Å². The molecule has 242 valence electrons. The lowest BCUT2D eigenvalue weighted by molar-refractivity contribution is -0.114. The number of carbonyl (C=O) groups excluding carboxylic acids is 4. The fourth-order valence-corrected chi connectivity index (χ4v) is 6.40. The van der Waals surface area contributed by atoms with Crippen molar-refractivity contribution in [2.75, 3.05) is 23.5 Å².